The Hall–Kier alpha value is -2.01. The van der Waals surface area contributed by atoms with Crippen LogP contribution in [0.15, 0.2) is 41.4 Å². The van der Waals surface area contributed by atoms with Crippen molar-refractivity contribution in [3.63, 3.8) is 0 Å². The smallest absolute Gasteiger partial charge is 0.406 e. The number of halogens is 3. The van der Waals surface area contributed by atoms with Gasteiger partial charge < -0.3 is 14.2 Å². The van der Waals surface area contributed by atoms with Gasteiger partial charge in [0.1, 0.15) is 5.75 Å². The van der Waals surface area contributed by atoms with E-state index in [2.05, 4.69) is 26.6 Å². The van der Waals surface area contributed by atoms with Crippen LogP contribution in [-0.4, -0.2) is 63.1 Å². The van der Waals surface area contributed by atoms with Crippen LogP contribution < -0.4 is 4.74 Å². The molecule has 0 spiro atoms. The molecule has 1 fully saturated rings. The van der Waals surface area contributed by atoms with E-state index in [-0.39, 0.29) is 10.5 Å². The van der Waals surface area contributed by atoms with Gasteiger partial charge in [-0.1, -0.05) is 6.07 Å². The molecule has 0 bridgehead atoms. The summed E-state index contributed by atoms with van der Waals surface area (Å²) < 4.78 is 62.4. The highest BCUT2D eigenvalue weighted by molar-refractivity contribution is 7.79. The van der Waals surface area contributed by atoms with Crippen LogP contribution in [0.4, 0.5) is 13.2 Å². The van der Waals surface area contributed by atoms with Gasteiger partial charge in [0.15, 0.2) is 11.1 Å². The summed E-state index contributed by atoms with van der Waals surface area (Å²) in [7, 11) is 2.08. The number of benzene rings is 1. The number of nitrogens with zero attached hydrogens (tertiary/aromatic N) is 3. The first-order chi connectivity index (χ1) is 13.2. The normalized spacial score (nSPS) is 17.5. The molecule has 0 amide bonds. The number of ether oxygens (including phenoxy) is 1. The summed E-state index contributed by atoms with van der Waals surface area (Å²) in [5.41, 5.74) is 1.38. The summed E-state index contributed by atoms with van der Waals surface area (Å²) in [6.45, 7) is 4.59. The minimum atomic E-state index is -4.85. The van der Waals surface area contributed by atoms with Crippen LogP contribution in [0.3, 0.4) is 0 Å². The van der Waals surface area contributed by atoms with Crippen molar-refractivity contribution in [3.8, 4) is 17.0 Å². The van der Waals surface area contributed by atoms with Crippen LogP contribution in [0, 0.1) is 0 Å². The maximum atomic E-state index is 12.5. The van der Waals surface area contributed by atoms with Crippen LogP contribution in [0.1, 0.15) is 5.56 Å². The van der Waals surface area contributed by atoms with E-state index in [0.717, 1.165) is 56.5 Å². The fraction of sp³-hybridized carbons (Fsp3) is 0.389. The Bertz CT molecular complexity index is 838. The lowest BCUT2D eigenvalue weighted by Gasteiger charge is -2.32. The molecule has 1 atom stereocenters. The number of piperazine rings is 1. The molecule has 0 radical (unpaired) electrons. The third kappa shape index (κ3) is 5.51. The van der Waals surface area contributed by atoms with Crippen LogP contribution in [0.25, 0.3) is 11.3 Å². The molecule has 1 unspecified atom stereocenters. The molecule has 3 rings (SSSR count). The molecule has 0 saturated carbocycles. The van der Waals surface area contributed by atoms with E-state index in [1.165, 1.54) is 0 Å². The minimum Gasteiger partial charge on any atom is -0.406 e. The monoisotopic (exact) mass is 415 g/mol. The highest BCUT2D eigenvalue weighted by Gasteiger charge is 2.31. The van der Waals surface area contributed by atoms with Crippen LogP contribution >= 0.6 is 0 Å². The zero-order chi connectivity index (χ0) is 20.3. The van der Waals surface area contributed by atoms with E-state index in [0.29, 0.717) is 5.69 Å². The Morgan fingerprint density at radius 1 is 1.18 bits per heavy atom. The van der Waals surface area contributed by atoms with Gasteiger partial charge in [-0.15, -0.1) is 13.2 Å². The summed E-state index contributed by atoms with van der Waals surface area (Å²) >= 11 is -2.38. The lowest BCUT2D eigenvalue weighted by Crippen LogP contribution is -2.43. The van der Waals surface area contributed by atoms with Gasteiger partial charge in [0, 0.05) is 44.5 Å². The molecule has 0 aliphatic carbocycles. The molecule has 6 nitrogen and oxygen atoms in total. The predicted octanol–water partition coefficient (Wildman–Crippen LogP) is 2.98. The zero-order valence-electron chi connectivity index (χ0n) is 15.1. The summed E-state index contributed by atoms with van der Waals surface area (Å²) in [6, 6.07) is 6.66. The quantitative estimate of drug-likeness (QED) is 0.758. The molecule has 28 heavy (non-hydrogen) atoms. The second-order valence-corrected chi connectivity index (χ2v) is 7.52. The fourth-order valence-electron chi connectivity index (χ4n) is 3.00. The van der Waals surface area contributed by atoms with Gasteiger partial charge in [-0.2, -0.15) is 0 Å². The standard InChI is InChI=1S/C18H20F3N3O3S/c1-23-6-8-24(9-7-23)12-13-2-4-16(22-11-13)15-10-14(27-18(19,20)21)3-5-17(15)28(25)26/h2-5,10-11H,6-9,12H2,1H3,(H,25,26). The van der Waals surface area contributed by atoms with Gasteiger partial charge in [-0.3, -0.25) is 9.88 Å². The van der Waals surface area contributed by atoms with E-state index in [9.17, 15) is 21.9 Å². The van der Waals surface area contributed by atoms with Crippen LogP contribution in [-0.2, 0) is 17.6 Å². The Balaban J connectivity index is 1.81. The first kappa shape index (κ1) is 20.7. The third-order valence-electron chi connectivity index (χ3n) is 4.48. The number of pyridine rings is 1. The Morgan fingerprint density at radius 2 is 1.89 bits per heavy atom. The van der Waals surface area contributed by atoms with Crippen molar-refractivity contribution in [1.29, 1.82) is 0 Å². The highest BCUT2D eigenvalue weighted by atomic mass is 32.2. The molecular weight excluding hydrogens is 395 g/mol. The van der Waals surface area contributed by atoms with Gasteiger partial charge >= 0.3 is 6.36 Å². The number of aromatic nitrogens is 1. The molecule has 1 aliphatic rings. The van der Waals surface area contributed by atoms with Crippen molar-refractivity contribution in [3.05, 3.63) is 42.1 Å². The van der Waals surface area contributed by atoms with Crippen LogP contribution in [0.5, 0.6) is 5.75 Å². The zero-order valence-corrected chi connectivity index (χ0v) is 16.0. The molecule has 152 valence electrons. The van der Waals surface area contributed by atoms with E-state index >= 15 is 0 Å². The predicted molar refractivity (Wildman–Crippen MR) is 98.2 cm³/mol. The van der Waals surface area contributed by atoms with Crippen molar-refractivity contribution in [2.24, 2.45) is 0 Å². The van der Waals surface area contributed by atoms with Gasteiger partial charge in [-0.05, 0) is 36.9 Å². The SMILES string of the molecule is CN1CCN(Cc2ccc(-c3cc(OC(F)(F)F)ccc3S(=O)O)nc2)CC1. The van der Waals surface area contributed by atoms with Crippen molar-refractivity contribution in [1.82, 2.24) is 14.8 Å². The average Bonchev–Trinajstić information content (AvgIpc) is 2.63. The average molecular weight is 415 g/mol. The molecule has 10 heteroatoms. The number of likely N-dealkylation sites (N-methyl/N-ethyl adjacent to an activating group) is 1. The molecule has 1 aromatic heterocycles. The summed E-state index contributed by atoms with van der Waals surface area (Å²) in [5, 5.41) is 0. The molecule has 2 aromatic rings. The topological polar surface area (TPSA) is 65.9 Å². The Kier molecular flexibility index (Phi) is 6.33. The molecule has 1 saturated heterocycles. The summed E-state index contributed by atoms with van der Waals surface area (Å²) in [4.78, 5) is 8.81. The molecular formula is C18H20F3N3O3S. The van der Waals surface area contributed by atoms with E-state index < -0.39 is 23.2 Å². The van der Waals surface area contributed by atoms with Crippen LogP contribution in [0.2, 0.25) is 0 Å². The number of hydrogen-bond acceptors (Lipinski definition) is 5. The van der Waals surface area contributed by atoms with Gasteiger partial charge in [0.05, 0.1) is 10.6 Å². The molecule has 1 aromatic carbocycles. The lowest BCUT2D eigenvalue weighted by atomic mass is 10.1. The summed E-state index contributed by atoms with van der Waals surface area (Å²) in [5.74, 6) is -0.472. The van der Waals surface area contributed by atoms with Crippen molar-refractivity contribution in [2.75, 3.05) is 33.2 Å². The van der Waals surface area contributed by atoms with Gasteiger partial charge in [0.2, 0.25) is 0 Å². The Morgan fingerprint density at radius 3 is 2.46 bits per heavy atom. The molecule has 1 N–H and O–H groups in total. The fourth-order valence-corrected chi connectivity index (χ4v) is 3.54. The third-order valence-corrected chi connectivity index (χ3v) is 5.21. The molecule has 1 aliphatic heterocycles. The second kappa shape index (κ2) is 8.56. The number of alkyl halides is 3. The largest absolute Gasteiger partial charge is 0.573 e. The first-order valence-corrected chi connectivity index (χ1v) is 9.69. The minimum absolute atomic E-state index is 0.0335. The highest BCUT2D eigenvalue weighted by Crippen LogP contribution is 2.31. The van der Waals surface area contributed by atoms with Crippen molar-refractivity contribution < 1.29 is 26.7 Å². The first-order valence-electron chi connectivity index (χ1n) is 8.58. The Labute approximate surface area is 163 Å². The van der Waals surface area contributed by atoms with Crippen molar-refractivity contribution in [2.45, 2.75) is 17.8 Å². The van der Waals surface area contributed by atoms with E-state index in [1.54, 1.807) is 12.3 Å². The maximum absolute atomic E-state index is 12.5. The van der Waals surface area contributed by atoms with Gasteiger partial charge in [-0.25, -0.2) is 4.21 Å². The maximum Gasteiger partial charge on any atom is 0.573 e. The van der Waals surface area contributed by atoms with Crippen molar-refractivity contribution >= 4 is 11.1 Å². The lowest BCUT2D eigenvalue weighted by molar-refractivity contribution is -0.274. The summed E-state index contributed by atoms with van der Waals surface area (Å²) in [6.07, 6.45) is -3.22. The van der Waals surface area contributed by atoms with E-state index in [1.807, 2.05) is 6.07 Å². The second-order valence-electron chi connectivity index (χ2n) is 6.59. The number of rotatable bonds is 5. The molecule has 2 heterocycles. The number of hydrogen-bond donors (Lipinski definition) is 1. The van der Waals surface area contributed by atoms with E-state index in [4.69, 9.17) is 0 Å². The van der Waals surface area contributed by atoms with Gasteiger partial charge in [0.25, 0.3) is 0 Å².